The molecule has 0 aliphatic carbocycles. The van der Waals surface area contributed by atoms with Crippen LogP contribution in [-0.2, 0) is 9.53 Å². The number of carbonyl (C=O) groups is 2. The Bertz CT molecular complexity index is 680. The number of benzene rings is 1. The minimum Gasteiger partial charge on any atom is -0.494 e. The average molecular weight is 374 g/mol. The molecular formula is C21H30N2O4. The van der Waals surface area contributed by atoms with E-state index in [2.05, 4.69) is 17.6 Å². The smallest absolute Gasteiger partial charge is 0.338 e. The van der Waals surface area contributed by atoms with Crippen molar-refractivity contribution in [2.24, 2.45) is 0 Å². The van der Waals surface area contributed by atoms with Gasteiger partial charge in [-0.15, -0.1) is 0 Å². The van der Waals surface area contributed by atoms with E-state index >= 15 is 0 Å². The summed E-state index contributed by atoms with van der Waals surface area (Å²) in [5.74, 6) is 0.361. The van der Waals surface area contributed by atoms with Gasteiger partial charge in [0.15, 0.2) is 0 Å². The normalized spacial score (nSPS) is 16.8. The highest BCUT2D eigenvalue weighted by atomic mass is 16.5. The van der Waals surface area contributed by atoms with Crippen molar-refractivity contribution in [3.63, 3.8) is 0 Å². The SMILES string of the molecule is CCCCCOc1ccc(C2NC(=O)NC(CC)=C2C(=O)OC(C)C)cc1. The molecule has 0 spiro atoms. The van der Waals surface area contributed by atoms with E-state index < -0.39 is 12.0 Å². The highest BCUT2D eigenvalue weighted by Crippen LogP contribution is 2.30. The van der Waals surface area contributed by atoms with Crippen molar-refractivity contribution in [1.82, 2.24) is 10.6 Å². The highest BCUT2D eigenvalue weighted by molar-refractivity contribution is 5.95. The van der Waals surface area contributed by atoms with Crippen LogP contribution < -0.4 is 15.4 Å². The van der Waals surface area contributed by atoms with Crippen LogP contribution in [0.5, 0.6) is 5.75 Å². The fourth-order valence-corrected chi connectivity index (χ4v) is 2.96. The van der Waals surface area contributed by atoms with Crippen molar-refractivity contribution in [1.29, 1.82) is 0 Å². The maximum Gasteiger partial charge on any atom is 0.338 e. The summed E-state index contributed by atoms with van der Waals surface area (Å²) in [6.45, 7) is 8.34. The van der Waals surface area contributed by atoms with Gasteiger partial charge < -0.3 is 20.1 Å². The van der Waals surface area contributed by atoms with Crippen molar-refractivity contribution < 1.29 is 19.1 Å². The first kappa shape index (κ1) is 20.8. The molecule has 2 rings (SSSR count). The van der Waals surface area contributed by atoms with Gasteiger partial charge in [-0.3, -0.25) is 0 Å². The zero-order chi connectivity index (χ0) is 19.8. The summed E-state index contributed by atoms with van der Waals surface area (Å²) in [5.41, 5.74) is 1.85. The van der Waals surface area contributed by atoms with E-state index in [1.807, 2.05) is 31.2 Å². The van der Waals surface area contributed by atoms with Crippen LogP contribution in [0.25, 0.3) is 0 Å². The van der Waals surface area contributed by atoms with E-state index in [-0.39, 0.29) is 12.1 Å². The van der Waals surface area contributed by atoms with Crippen molar-refractivity contribution >= 4 is 12.0 Å². The standard InChI is InChI=1S/C21H30N2O4/c1-5-7-8-13-26-16-11-9-15(10-12-16)19-18(20(24)27-14(3)4)17(6-2)22-21(25)23-19/h9-12,14,19H,5-8,13H2,1-4H3,(H2,22,23,25). The van der Waals surface area contributed by atoms with Crippen LogP contribution >= 0.6 is 0 Å². The number of esters is 1. The molecule has 1 atom stereocenters. The summed E-state index contributed by atoms with van der Waals surface area (Å²) in [7, 11) is 0. The third-order valence-electron chi connectivity index (χ3n) is 4.30. The van der Waals surface area contributed by atoms with Crippen LogP contribution in [0, 0.1) is 0 Å². The number of amides is 2. The van der Waals surface area contributed by atoms with Gasteiger partial charge in [0.05, 0.1) is 24.3 Å². The monoisotopic (exact) mass is 374 g/mol. The molecule has 1 aliphatic heterocycles. The first-order valence-electron chi connectivity index (χ1n) is 9.70. The number of rotatable bonds is 9. The largest absolute Gasteiger partial charge is 0.494 e. The molecule has 0 saturated carbocycles. The Balaban J connectivity index is 2.22. The van der Waals surface area contributed by atoms with Crippen LogP contribution in [-0.4, -0.2) is 24.7 Å². The minimum atomic E-state index is -0.547. The van der Waals surface area contributed by atoms with Gasteiger partial charge >= 0.3 is 12.0 Å². The highest BCUT2D eigenvalue weighted by Gasteiger charge is 2.33. The number of allylic oxidation sites excluding steroid dienone is 1. The minimum absolute atomic E-state index is 0.236. The Labute approximate surface area is 161 Å². The molecule has 1 aromatic rings. The lowest BCUT2D eigenvalue weighted by molar-refractivity contribution is -0.143. The molecule has 1 aromatic carbocycles. The summed E-state index contributed by atoms with van der Waals surface area (Å²) < 4.78 is 11.1. The van der Waals surface area contributed by atoms with Crippen molar-refractivity contribution in [2.75, 3.05) is 6.61 Å². The van der Waals surface area contributed by atoms with E-state index in [4.69, 9.17) is 9.47 Å². The Morgan fingerprint density at radius 3 is 2.44 bits per heavy atom. The summed E-state index contributed by atoms with van der Waals surface area (Å²) in [5, 5.41) is 5.56. The zero-order valence-corrected chi connectivity index (χ0v) is 16.6. The number of urea groups is 1. The third-order valence-corrected chi connectivity index (χ3v) is 4.30. The molecule has 0 bridgehead atoms. The number of carbonyl (C=O) groups excluding carboxylic acids is 2. The molecule has 1 heterocycles. The van der Waals surface area contributed by atoms with Crippen molar-refractivity contribution in [3.8, 4) is 5.75 Å². The summed E-state index contributed by atoms with van der Waals surface area (Å²) in [6.07, 6.45) is 3.62. The molecule has 0 saturated heterocycles. The quantitative estimate of drug-likeness (QED) is 0.501. The summed E-state index contributed by atoms with van der Waals surface area (Å²) in [6, 6.07) is 6.62. The molecule has 2 amide bonds. The lowest BCUT2D eigenvalue weighted by Gasteiger charge is -2.29. The van der Waals surface area contributed by atoms with Gasteiger partial charge in [0.2, 0.25) is 0 Å². The first-order chi connectivity index (χ1) is 13.0. The molecule has 6 heteroatoms. The van der Waals surface area contributed by atoms with Crippen LogP contribution in [0.1, 0.15) is 65.0 Å². The molecule has 148 valence electrons. The maximum atomic E-state index is 12.6. The van der Waals surface area contributed by atoms with Gasteiger partial charge in [0.1, 0.15) is 5.75 Å². The molecule has 0 fully saturated rings. The number of hydrogen-bond acceptors (Lipinski definition) is 4. The number of ether oxygens (including phenoxy) is 2. The summed E-state index contributed by atoms with van der Waals surface area (Å²) in [4.78, 5) is 24.7. The number of unbranched alkanes of at least 4 members (excludes halogenated alkanes) is 2. The zero-order valence-electron chi connectivity index (χ0n) is 16.6. The predicted molar refractivity (Wildman–Crippen MR) is 104 cm³/mol. The number of hydrogen-bond donors (Lipinski definition) is 2. The second kappa shape index (κ2) is 10.00. The van der Waals surface area contributed by atoms with Crippen molar-refractivity contribution in [2.45, 2.75) is 65.5 Å². The average Bonchev–Trinajstić information content (AvgIpc) is 2.64. The van der Waals surface area contributed by atoms with Crippen LogP contribution in [0.3, 0.4) is 0 Å². The number of nitrogens with one attached hydrogen (secondary N) is 2. The van der Waals surface area contributed by atoms with Gasteiger partial charge in [0, 0.05) is 5.70 Å². The van der Waals surface area contributed by atoms with E-state index in [1.54, 1.807) is 13.8 Å². The third kappa shape index (κ3) is 5.74. The molecule has 0 aromatic heterocycles. The lowest BCUT2D eigenvalue weighted by atomic mass is 9.94. The van der Waals surface area contributed by atoms with E-state index in [0.29, 0.717) is 24.3 Å². The van der Waals surface area contributed by atoms with E-state index in [0.717, 1.165) is 30.6 Å². The second-order valence-corrected chi connectivity index (χ2v) is 6.86. The second-order valence-electron chi connectivity index (χ2n) is 6.86. The summed E-state index contributed by atoms with van der Waals surface area (Å²) >= 11 is 0. The van der Waals surface area contributed by atoms with Crippen LogP contribution in [0.2, 0.25) is 0 Å². The first-order valence-corrected chi connectivity index (χ1v) is 9.70. The maximum absolute atomic E-state index is 12.6. The van der Waals surface area contributed by atoms with E-state index in [9.17, 15) is 9.59 Å². The molecule has 1 aliphatic rings. The fraction of sp³-hybridized carbons (Fsp3) is 0.524. The van der Waals surface area contributed by atoms with Crippen molar-refractivity contribution in [3.05, 3.63) is 41.1 Å². The Morgan fingerprint density at radius 1 is 1.15 bits per heavy atom. The van der Waals surface area contributed by atoms with Gasteiger partial charge in [-0.2, -0.15) is 0 Å². The van der Waals surface area contributed by atoms with Gasteiger partial charge in [-0.25, -0.2) is 9.59 Å². The van der Waals surface area contributed by atoms with Crippen LogP contribution in [0.4, 0.5) is 4.79 Å². The molecule has 6 nitrogen and oxygen atoms in total. The Hall–Kier alpha value is -2.50. The lowest BCUT2D eigenvalue weighted by Crippen LogP contribution is -2.46. The Morgan fingerprint density at radius 2 is 1.85 bits per heavy atom. The molecule has 1 unspecified atom stereocenters. The topological polar surface area (TPSA) is 76.7 Å². The molecule has 27 heavy (non-hydrogen) atoms. The molecule has 0 radical (unpaired) electrons. The molecule has 2 N–H and O–H groups in total. The van der Waals surface area contributed by atoms with Gasteiger partial charge in [-0.05, 0) is 44.4 Å². The van der Waals surface area contributed by atoms with Gasteiger partial charge in [0.25, 0.3) is 0 Å². The fourth-order valence-electron chi connectivity index (χ4n) is 2.96. The van der Waals surface area contributed by atoms with Crippen LogP contribution in [0.15, 0.2) is 35.5 Å². The van der Waals surface area contributed by atoms with Gasteiger partial charge in [-0.1, -0.05) is 38.8 Å². The molecular weight excluding hydrogens is 344 g/mol. The predicted octanol–water partition coefficient (Wildman–Crippen LogP) is 4.23. The van der Waals surface area contributed by atoms with E-state index in [1.165, 1.54) is 0 Å². The Kier molecular flexibility index (Phi) is 7.70.